The quantitative estimate of drug-likeness (QED) is 0.809. The number of aromatic hydroxyl groups is 1. The van der Waals surface area contributed by atoms with Gasteiger partial charge in [0.15, 0.2) is 0 Å². The Bertz CT molecular complexity index is 688. The van der Waals surface area contributed by atoms with Crippen molar-refractivity contribution in [2.75, 3.05) is 13.1 Å². The number of nitrogens with one attached hydrogen (secondary N) is 1. The summed E-state index contributed by atoms with van der Waals surface area (Å²) >= 11 is 0. The molecule has 0 radical (unpaired) electrons. The first-order valence-corrected chi connectivity index (χ1v) is 8.66. The number of piperazine rings is 1. The van der Waals surface area contributed by atoms with Crippen molar-refractivity contribution in [3.05, 3.63) is 65.2 Å². The van der Waals surface area contributed by atoms with Gasteiger partial charge in [-0.3, -0.25) is 4.90 Å². The van der Waals surface area contributed by atoms with Crippen LogP contribution in [0.1, 0.15) is 36.6 Å². The van der Waals surface area contributed by atoms with Gasteiger partial charge in [-0.1, -0.05) is 36.4 Å². The van der Waals surface area contributed by atoms with Crippen molar-refractivity contribution in [2.45, 2.75) is 38.5 Å². The van der Waals surface area contributed by atoms with Gasteiger partial charge < -0.3 is 16.2 Å². The fourth-order valence-corrected chi connectivity index (χ4v) is 3.64. The van der Waals surface area contributed by atoms with E-state index in [1.165, 1.54) is 5.56 Å². The summed E-state index contributed by atoms with van der Waals surface area (Å²) in [5, 5.41) is 13.5. The molecule has 4 N–H and O–H groups in total. The monoisotopic (exact) mass is 325 g/mol. The Morgan fingerprint density at radius 1 is 1.21 bits per heavy atom. The summed E-state index contributed by atoms with van der Waals surface area (Å²) in [5.74, 6) is 0.304. The first-order valence-electron chi connectivity index (χ1n) is 8.66. The predicted molar refractivity (Wildman–Crippen MR) is 97.9 cm³/mol. The van der Waals surface area contributed by atoms with Gasteiger partial charge in [-0.05, 0) is 42.7 Å². The fraction of sp³-hybridized carbons (Fsp3) is 0.400. The standard InChI is InChI=1S/C20H27N3O/c1-14-13-23(15(2)12-22-14)20(16-7-5-8-18(24)10-16)19-9-4-3-6-17(19)11-21/h3-10,14-15,20,22,24H,11-13,21H2,1-2H3/t14-,15+,20+/m1/s1. The number of benzene rings is 2. The maximum Gasteiger partial charge on any atom is 0.115 e. The highest BCUT2D eigenvalue weighted by atomic mass is 16.3. The van der Waals surface area contributed by atoms with Crippen LogP contribution in [0, 0.1) is 0 Å². The van der Waals surface area contributed by atoms with Crippen LogP contribution in [0.15, 0.2) is 48.5 Å². The zero-order valence-corrected chi connectivity index (χ0v) is 14.4. The summed E-state index contributed by atoms with van der Waals surface area (Å²) in [6.45, 7) is 6.90. The highest BCUT2D eigenvalue weighted by Crippen LogP contribution is 2.34. The van der Waals surface area contributed by atoms with Crippen molar-refractivity contribution < 1.29 is 5.11 Å². The molecule has 0 aliphatic carbocycles. The lowest BCUT2D eigenvalue weighted by Crippen LogP contribution is -2.55. The minimum atomic E-state index is 0.0939. The van der Waals surface area contributed by atoms with E-state index in [4.69, 9.17) is 5.73 Å². The molecule has 0 amide bonds. The van der Waals surface area contributed by atoms with Crippen molar-refractivity contribution in [2.24, 2.45) is 5.73 Å². The third-order valence-corrected chi connectivity index (χ3v) is 4.90. The normalized spacial score (nSPS) is 23.1. The number of nitrogens with two attached hydrogens (primary N) is 1. The molecule has 1 heterocycles. The minimum absolute atomic E-state index is 0.0939. The van der Waals surface area contributed by atoms with Crippen LogP contribution in [0.25, 0.3) is 0 Å². The van der Waals surface area contributed by atoms with E-state index in [9.17, 15) is 5.11 Å². The molecule has 0 aromatic heterocycles. The highest BCUT2D eigenvalue weighted by Gasteiger charge is 2.31. The van der Waals surface area contributed by atoms with Crippen LogP contribution in [0.5, 0.6) is 5.75 Å². The second-order valence-electron chi connectivity index (χ2n) is 6.76. The number of hydrogen-bond donors (Lipinski definition) is 3. The summed E-state index contributed by atoms with van der Waals surface area (Å²) in [7, 11) is 0. The van der Waals surface area contributed by atoms with E-state index >= 15 is 0 Å². The minimum Gasteiger partial charge on any atom is -0.508 e. The van der Waals surface area contributed by atoms with Gasteiger partial charge in [0.2, 0.25) is 0 Å². The van der Waals surface area contributed by atoms with Gasteiger partial charge in [0.05, 0.1) is 6.04 Å². The van der Waals surface area contributed by atoms with E-state index in [2.05, 4.69) is 48.3 Å². The van der Waals surface area contributed by atoms with Crippen LogP contribution < -0.4 is 11.1 Å². The van der Waals surface area contributed by atoms with E-state index < -0.39 is 0 Å². The molecule has 0 unspecified atom stereocenters. The first-order chi connectivity index (χ1) is 11.6. The Kier molecular flexibility index (Phi) is 5.19. The molecule has 3 atom stereocenters. The summed E-state index contributed by atoms with van der Waals surface area (Å²) < 4.78 is 0. The molecule has 1 saturated heterocycles. The molecule has 4 heteroatoms. The number of phenolic OH excluding ortho intramolecular Hbond substituents is 1. The topological polar surface area (TPSA) is 61.5 Å². The average Bonchev–Trinajstić information content (AvgIpc) is 2.59. The van der Waals surface area contributed by atoms with E-state index in [1.807, 2.05) is 18.2 Å². The maximum atomic E-state index is 10.00. The second-order valence-corrected chi connectivity index (χ2v) is 6.76. The molecular weight excluding hydrogens is 298 g/mol. The van der Waals surface area contributed by atoms with Gasteiger partial charge in [-0.15, -0.1) is 0 Å². The van der Waals surface area contributed by atoms with Crippen LogP contribution in [0.2, 0.25) is 0 Å². The third kappa shape index (κ3) is 3.46. The average molecular weight is 325 g/mol. The molecule has 4 nitrogen and oxygen atoms in total. The smallest absolute Gasteiger partial charge is 0.115 e. The van der Waals surface area contributed by atoms with Gasteiger partial charge in [0.25, 0.3) is 0 Å². The molecule has 2 aromatic rings. The number of rotatable bonds is 4. The molecule has 24 heavy (non-hydrogen) atoms. The Hall–Kier alpha value is -1.88. The van der Waals surface area contributed by atoms with Crippen LogP contribution >= 0.6 is 0 Å². The largest absolute Gasteiger partial charge is 0.508 e. The van der Waals surface area contributed by atoms with E-state index in [1.54, 1.807) is 6.07 Å². The molecular formula is C20H27N3O. The van der Waals surface area contributed by atoms with E-state index in [0.717, 1.165) is 24.2 Å². The molecule has 3 rings (SSSR count). The van der Waals surface area contributed by atoms with Crippen molar-refractivity contribution in [3.8, 4) is 5.75 Å². The Labute approximate surface area is 144 Å². The van der Waals surface area contributed by atoms with Gasteiger partial charge >= 0.3 is 0 Å². The lowest BCUT2D eigenvalue weighted by atomic mass is 9.90. The van der Waals surface area contributed by atoms with Crippen molar-refractivity contribution in [3.63, 3.8) is 0 Å². The summed E-state index contributed by atoms with van der Waals surface area (Å²) in [6.07, 6.45) is 0. The van der Waals surface area contributed by atoms with Gasteiger partial charge in [0, 0.05) is 31.7 Å². The zero-order valence-electron chi connectivity index (χ0n) is 14.4. The maximum absolute atomic E-state index is 10.00. The van der Waals surface area contributed by atoms with Crippen molar-refractivity contribution in [1.82, 2.24) is 10.2 Å². The lowest BCUT2D eigenvalue weighted by molar-refractivity contribution is 0.112. The fourth-order valence-electron chi connectivity index (χ4n) is 3.64. The van der Waals surface area contributed by atoms with E-state index in [0.29, 0.717) is 24.4 Å². The molecule has 0 bridgehead atoms. The summed E-state index contributed by atoms with van der Waals surface area (Å²) in [5.41, 5.74) is 9.50. The van der Waals surface area contributed by atoms with Crippen LogP contribution in [0.3, 0.4) is 0 Å². The molecule has 128 valence electrons. The number of phenols is 1. The molecule has 1 aliphatic heterocycles. The van der Waals surface area contributed by atoms with Crippen molar-refractivity contribution in [1.29, 1.82) is 0 Å². The Balaban J connectivity index is 2.10. The van der Waals surface area contributed by atoms with Gasteiger partial charge in [0.1, 0.15) is 5.75 Å². The third-order valence-electron chi connectivity index (χ3n) is 4.90. The summed E-state index contributed by atoms with van der Waals surface area (Å²) in [6, 6.07) is 16.9. The summed E-state index contributed by atoms with van der Waals surface area (Å²) in [4.78, 5) is 2.52. The first kappa shape index (κ1) is 17.0. The van der Waals surface area contributed by atoms with Gasteiger partial charge in [-0.2, -0.15) is 0 Å². The Morgan fingerprint density at radius 3 is 2.75 bits per heavy atom. The molecule has 0 saturated carbocycles. The number of hydrogen-bond acceptors (Lipinski definition) is 4. The SMILES string of the molecule is C[C@@H]1CN([C@@H](c2cccc(O)c2)c2ccccc2CN)[C@@H](C)CN1. The second kappa shape index (κ2) is 7.34. The molecule has 0 spiro atoms. The lowest BCUT2D eigenvalue weighted by Gasteiger charge is -2.43. The zero-order chi connectivity index (χ0) is 17.1. The van der Waals surface area contributed by atoms with Crippen LogP contribution in [-0.2, 0) is 6.54 Å². The van der Waals surface area contributed by atoms with Crippen LogP contribution in [0.4, 0.5) is 0 Å². The number of nitrogens with zero attached hydrogens (tertiary/aromatic N) is 1. The van der Waals surface area contributed by atoms with Gasteiger partial charge in [-0.25, -0.2) is 0 Å². The molecule has 2 aromatic carbocycles. The van der Waals surface area contributed by atoms with E-state index in [-0.39, 0.29) is 6.04 Å². The highest BCUT2D eigenvalue weighted by molar-refractivity contribution is 5.40. The molecule has 1 fully saturated rings. The predicted octanol–water partition coefficient (Wildman–Crippen LogP) is 2.62. The van der Waals surface area contributed by atoms with Crippen LogP contribution in [-0.4, -0.2) is 35.2 Å². The Morgan fingerprint density at radius 2 is 2.00 bits per heavy atom. The van der Waals surface area contributed by atoms with Crippen molar-refractivity contribution >= 4 is 0 Å². The molecule has 1 aliphatic rings.